The largest absolute Gasteiger partial charge is 0.463 e. The summed E-state index contributed by atoms with van der Waals surface area (Å²) in [6.07, 6.45) is 4.40. The number of hydrogen-bond acceptors (Lipinski definition) is 4. The molecule has 1 N–H and O–H groups in total. The molecule has 0 atom stereocenters. The first-order valence-corrected chi connectivity index (χ1v) is 9.23. The van der Waals surface area contributed by atoms with Crippen LogP contribution in [-0.2, 0) is 14.3 Å². The second-order valence-corrected chi connectivity index (χ2v) is 6.36. The van der Waals surface area contributed by atoms with Crippen LogP contribution in [0.5, 0.6) is 0 Å². The first kappa shape index (κ1) is 19.4. The number of benzene rings is 2. The van der Waals surface area contributed by atoms with Crippen molar-refractivity contribution >= 4 is 35.2 Å². The highest BCUT2D eigenvalue weighted by molar-refractivity contribution is 6.05. The molecule has 2 aromatic carbocycles. The predicted octanol–water partition coefficient (Wildman–Crippen LogP) is 3.64. The van der Waals surface area contributed by atoms with Crippen molar-refractivity contribution in [3.05, 3.63) is 65.7 Å². The summed E-state index contributed by atoms with van der Waals surface area (Å²) < 4.78 is 4.83. The maximum atomic E-state index is 12.5. The van der Waals surface area contributed by atoms with Gasteiger partial charge in [0.25, 0.3) is 5.91 Å². The Morgan fingerprint density at radius 3 is 2.64 bits per heavy atom. The Bertz CT molecular complexity index is 903. The van der Waals surface area contributed by atoms with E-state index in [1.807, 2.05) is 6.07 Å². The minimum Gasteiger partial charge on any atom is -0.463 e. The Kier molecular flexibility index (Phi) is 6.22. The van der Waals surface area contributed by atoms with Gasteiger partial charge < -0.3 is 15.0 Å². The Balaban J connectivity index is 1.65. The van der Waals surface area contributed by atoms with Gasteiger partial charge in [-0.05, 0) is 55.3 Å². The minimum absolute atomic E-state index is 0.0871. The Morgan fingerprint density at radius 1 is 1.18 bits per heavy atom. The van der Waals surface area contributed by atoms with Crippen LogP contribution < -0.4 is 10.2 Å². The molecule has 1 aliphatic rings. The summed E-state index contributed by atoms with van der Waals surface area (Å²) in [5.74, 6) is -0.552. The van der Waals surface area contributed by atoms with Crippen molar-refractivity contribution in [1.82, 2.24) is 0 Å². The van der Waals surface area contributed by atoms with Crippen LogP contribution in [0, 0.1) is 0 Å². The summed E-state index contributed by atoms with van der Waals surface area (Å²) in [6.45, 7) is 2.77. The zero-order valence-corrected chi connectivity index (χ0v) is 15.7. The Hall–Kier alpha value is -3.41. The highest BCUT2D eigenvalue weighted by Crippen LogP contribution is 2.23. The summed E-state index contributed by atoms with van der Waals surface area (Å²) >= 11 is 0. The highest BCUT2D eigenvalue weighted by Gasteiger charge is 2.22. The molecule has 0 radical (unpaired) electrons. The van der Waals surface area contributed by atoms with Gasteiger partial charge >= 0.3 is 5.97 Å². The molecule has 0 aliphatic carbocycles. The van der Waals surface area contributed by atoms with Crippen molar-refractivity contribution in [1.29, 1.82) is 0 Å². The number of hydrogen-bond donors (Lipinski definition) is 1. The number of ether oxygens (including phenoxy) is 1. The predicted molar refractivity (Wildman–Crippen MR) is 108 cm³/mol. The normalized spacial score (nSPS) is 13.8. The Labute approximate surface area is 163 Å². The van der Waals surface area contributed by atoms with Crippen LogP contribution in [0.2, 0.25) is 0 Å². The lowest BCUT2D eigenvalue weighted by Crippen LogP contribution is -2.24. The average Bonchev–Trinajstić information content (AvgIpc) is 3.14. The van der Waals surface area contributed by atoms with Crippen molar-refractivity contribution in [2.45, 2.75) is 19.8 Å². The summed E-state index contributed by atoms with van der Waals surface area (Å²) in [4.78, 5) is 37.5. The molecule has 144 valence electrons. The maximum absolute atomic E-state index is 12.5. The smallest absolute Gasteiger partial charge is 0.330 e. The summed E-state index contributed by atoms with van der Waals surface area (Å²) in [6, 6.07) is 14.2. The number of nitrogens with zero attached hydrogens (tertiary/aromatic N) is 1. The van der Waals surface area contributed by atoms with E-state index in [-0.39, 0.29) is 11.8 Å². The summed E-state index contributed by atoms with van der Waals surface area (Å²) in [5, 5.41) is 2.84. The van der Waals surface area contributed by atoms with E-state index < -0.39 is 5.97 Å². The SMILES string of the molecule is CCOC(=O)/C=C/c1ccc(NC(=O)c2cccc(N3CCCC3=O)c2)cc1. The fourth-order valence-corrected chi connectivity index (χ4v) is 2.97. The molecular weight excluding hydrogens is 356 g/mol. The Morgan fingerprint density at radius 2 is 1.96 bits per heavy atom. The zero-order valence-electron chi connectivity index (χ0n) is 15.7. The van der Waals surface area contributed by atoms with Crippen molar-refractivity contribution in [2.24, 2.45) is 0 Å². The monoisotopic (exact) mass is 378 g/mol. The van der Waals surface area contributed by atoms with Gasteiger partial charge in [0, 0.05) is 36.0 Å². The number of nitrogens with one attached hydrogen (secondary N) is 1. The fourth-order valence-electron chi connectivity index (χ4n) is 2.97. The third-order valence-electron chi connectivity index (χ3n) is 4.36. The van der Waals surface area contributed by atoms with E-state index in [9.17, 15) is 14.4 Å². The van der Waals surface area contributed by atoms with Gasteiger partial charge in [0.1, 0.15) is 0 Å². The molecule has 1 aliphatic heterocycles. The lowest BCUT2D eigenvalue weighted by Gasteiger charge is -2.16. The molecule has 0 bridgehead atoms. The summed E-state index contributed by atoms with van der Waals surface area (Å²) in [5.41, 5.74) is 2.69. The van der Waals surface area contributed by atoms with Crippen LogP contribution >= 0.6 is 0 Å². The van der Waals surface area contributed by atoms with Crippen LogP contribution in [0.25, 0.3) is 6.08 Å². The number of carbonyl (C=O) groups excluding carboxylic acids is 3. The van der Waals surface area contributed by atoms with E-state index in [2.05, 4.69) is 5.32 Å². The quantitative estimate of drug-likeness (QED) is 0.615. The molecule has 0 saturated carbocycles. The molecular formula is C22H22N2O4. The second-order valence-electron chi connectivity index (χ2n) is 6.36. The molecule has 3 rings (SSSR count). The molecule has 2 aromatic rings. The van der Waals surface area contributed by atoms with Crippen LogP contribution in [0.4, 0.5) is 11.4 Å². The van der Waals surface area contributed by atoms with Crippen LogP contribution in [0.15, 0.2) is 54.6 Å². The van der Waals surface area contributed by atoms with Gasteiger partial charge in [0.05, 0.1) is 6.61 Å². The third kappa shape index (κ3) is 4.85. The molecule has 6 nitrogen and oxygen atoms in total. The number of carbonyl (C=O) groups is 3. The molecule has 1 saturated heterocycles. The van der Waals surface area contributed by atoms with E-state index in [4.69, 9.17) is 4.74 Å². The van der Waals surface area contributed by atoms with Gasteiger partial charge in [0.15, 0.2) is 0 Å². The molecule has 0 unspecified atom stereocenters. The van der Waals surface area contributed by atoms with Gasteiger partial charge in [-0.2, -0.15) is 0 Å². The van der Waals surface area contributed by atoms with Gasteiger partial charge in [-0.25, -0.2) is 4.79 Å². The second kappa shape index (κ2) is 8.99. The van der Waals surface area contributed by atoms with Gasteiger partial charge in [0.2, 0.25) is 5.91 Å². The lowest BCUT2D eigenvalue weighted by molar-refractivity contribution is -0.137. The van der Waals surface area contributed by atoms with Crippen molar-refractivity contribution in [3.63, 3.8) is 0 Å². The van der Waals surface area contributed by atoms with E-state index in [0.29, 0.717) is 30.8 Å². The number of esters is 1. The van der Waals surface area contributed by atoms with E-state index in [1.165, 1.54) is 6.08 Å². The fraction of sp³-hybridized carbons (Fsp3) is 0.227. The van der Waals surface area contributed by atoms with Gasteiger partial charge in [-0.1, -0.05) is 18.2 Å². The van der Waals surface area contributed by atoms with E-state index >= 15 is 0 Å². The first-order valence-electron chi connectivity index (χ1n) is 9.23. The number of amides is 2. The molecule has 2 amide bonds. The maximum Gasteiger partial charge on any atom is 0.330 e. The molecule has 1 fully saturated rings. The van der Waals surface area contributed by atoms with E-state index in [0.717, 1.165) is 17.7 Å². The molecule has 6 heteroatoms. The molecule has 28 heavy (non-hydrogen) atoms. The van der Waals surface area contributed by atoms with Crippen molar-refractivity contribution in [2.75, 3.05) is 23.4 Å². The molecule has 0 aromatic heterocycles. The zero-order chi connectivity index (χ0) is 19.9. The van der Waals surface area contributed by atoms with Crippen molar-refractivity contribution in [3.8, 4) is 0 Å². The standard InChI is InChI=1S/C22H22N2O4/c1-2-28-21(26)13-10-16-8-11-18(12-9-16)23-22(27)17-5-3-6-19(15-17)24-14-4-7-20(24)25/h3,5-6,8-13,15H,2,4,7,14H2,1H3,(H,23,27)/b13-10+. The molecule has 0 spiro atoms. The third-order valence-corrected chi connectivity index (χ3v) is 4.36. The number of anilines is 2. The first-order chi connectivity index (χ1) is 13.6. The van der Waals surface area contributed by atoms with E-state index in [1.54, 1.807) is 60.4 Å². The van der Waals surface area contributed by atoms with Crippen LogP contribution in [0.3, 0.4) is 0 Å². The summed E-state index contributed by atoms with van der Waals surface area (Å²) in [7, 11) is 0. The molecule has 1 heterocycles. The topological polar surface area (TPSA) is 75.7 Å². The number of rotatable bonds is 6. The van der Waals surface area contributed by atoms with Gasteiger partial charge in [-0.3, -0.25) is 9.59 Å². The minimum atomic E-state index is -0.392. The van der Waals surface area contributed by atoms with Crippen LogP contribution in [-0.4, -0.2) is 30.9 Å². The lowest BCUT2D eigenvalue weighted by atomic mass is 10.1. The average molecular weight is 378 g/mol. The van der Waals surface area contributed by atoms with Crippen molar-refractivity contribution < 1.29 is 19.1 Å². The highest BCUT2D eigenvalue weighted by atomic mass is 16.5. The van der Waals surface area contributed by atoms with Crippen LogP contribution in [0.1, 0.15) is 35.7 Å². The van der Waals surface area contributed by atoms with Gasteiger partial charge in [-0.15, -0.1) is 0 Å².